The van der Waals surface area contributed by atoms with Crippen LogP contribution in [0.25, 0.3) is 0 Å². The monoisotopic (exact) mass is 493 g/mol. The maximum Gasteiger partial charge on any atom is 2.00 e. The zero-order chi connectivity index (χ0) is 20.6. The summed E-state index contributed by atoms with van der Waals surface area (Å²) in [6, 6.07) is 30.4. The summed E-state index contributed by atoms with van der Waals surface area (Å²) in [4.78, 5) is 14.6. The van der Waals surface area contributed by atoms with E-state index in [9.17, 15) is 15.0 Å². The van der Waals surface area contributed by atoms with Gasteiger partial charge in [0.1, 0.15) is 0 Å². The molecule has 0 aromatic heterocycles. The second-order valence-electron chi connectivity index (χ2n) is 5.98. The van der Waals surface area contributed by atoms with Gasteiger partial charge >= 0.3 is 23.9 Å². The smallest absolute Gasteiger partial charge is 0.872 e. The van der Waals surface area contributed by atoms with E-state index < -0.39 is 12.0 Å². The van der Waals surface area contributed by atoms with Crippen molar-refractivity contribution in [3.63, 3.8) is 0 Å². The fourth-order valence-corrected chi connectivity index (χ4v) is 1.94. The van der Waals surface area contributed by atoms with Gasteiger partial charge < -0.3 is 15.0 Å². The van der Waals surface area contributed by atoms with Crippen molar-refractivity contribution in [1.29, 1.82) is 0 Å². The average Bonchev–Trinajstić information content (AvgIpc) is 2.72. The molecule has 146 valence electrons. The third-order valence-corrected chi connectivity index (χ3v) is 3.38. The molecule has 0 saturated carbocycles. The summed E-state index contributed by atoms with van der Waals surface area (Å²) in [6.07, 6.45) is 1.29. The fraction of sp³-hybridized carbons (Fsp3) is 0.167. The zero-order valence-electron chi connectivity index (χ0n) is 16.5. The molecule has 0 spiro atoms. The molecule has 1 atom stereocenters. The molecule has 0 aliphatic carbocycles. The first kappa shape index (κ1) is 26.4. The molecule has 0 saturated heterocycles. The molecule has 0 unspecified atom stereocenters. The number of carboxylic acids is 1. The molecule has 4 nitrogen and oxygen atoms in total. The molecule has 0 N–H and O–H groups in total. The van der Waals surface area contributed by atoms with Gasteiger partial charge in [0.05, 0.1) is 12.0 Å². The number of nitrogens with zero attached hydrogens (tertiary/aromatic N) is 1. The number of rotatable bonds is 4. The molecule has 3 aromatic rings. The third-order valence-electron chi connectivity index (χ3n) is 3.38. The first-order valence-corrected chi connectivity index (χ1v) is 8.84. The Bertz CT molecular complexity index is 724. The maximum atomic E-state index is 11.3. The largest absolute Gasteiger partial charge is 2.00 e. The van der Waals surface area contributed by atoms with Crippen molar-refractivity contribution < 1.29 is 15.0 Å². The minimum atomic E-state index is -1.23. The predicted molar refractivity (Wildman–Crippen MR) is 113 cm³/mol. The van der Waals surface area contributed by atoms with Gasteiger partial charge in [-0.25, -0.2) is 0 Å². The Morgan fingerprint density at radius 1 is 0.897 bits per heavy atom. The van der Waals surface area contributed by atoms with E-state index in [1.807, 2.05) is 60.7 Å². The molecular formula is C24H23NO3Sn. The number of aliphatic imine (C=N–C) groups is 1. The number of carbonyl (C=O) groups excluding carboxylic acids is 1. The molecule has 3 aromatic carbocycles. The number of hydrogen-bond acceptors (Lipinski definition) is 4. The van der Waals surface area contributed by atoms with Crippen LogP contribution in [0.2, 0.25) is 0 Å². The Hall–Kier alpha value is -2.60. The number of carbonyl (C=O) groups is 1. The van der Waals surface area contributed by atoms with Gasteiger partial charge in [-0.15, -0.1) is 5.75 Å². The molecule has 5 heteroatoms. The minimum Gasteiger partial charge on any atom is -0.872 e. The van der Waals surface area contributed by atoms with Crippen LogP contribution in [0, 0.1) is 18.1 Å². The van der Waals surface area contributed by atoms with Crippen molar-refractivity contribution in [2.24, 2.45) is 10.9 Å². The summed E-state index contributed by atoms with van der Waals surface area (Å²) in [6.45, 7) is 3.47. The summed E-state index contributed by atoms with van der Waals surface area (Å²) < 4.78 is 0. The van der Waals surface area contributed by atoms with Crippen molar-refractivity contribution in [2.75, 3.05) is 0 Å². The third kappa shape index (κ3) is 12.5. The van der Waals surface area contributed by atoms with Crippen molar-refractivity contribution in [3.05, 3.63) is 103 Å². The van der Waals surface area contributed by atoms with Crippen molar-refractivity contribution in [3.8, 4) is 5.75 Å². The molecule has 3 rings (SSSR count). The Labute approximate surface area is 189 Å². The van der Waals surface area contributed by atoms with Crippen LogP contribution in [-0.2, 0) is 4.79 Å². The Kier molecular flexibility index (Phi) is 14.9. The summed E-state index contributed by atoms with van der Waals surface area (Å²) in [5, 5.41) is 22.1. The van der Waals surface area contributed by atoms with E-state index >= 15 is 0 Å². The van der Waals surface area contributed by atoms with Gasteiger partial charge in [-0.3, -0.25) is 4.99 Å². The topological polar surface area (TPSA) is 75.5 Å². The van der Waals surface area contributed by atoms with E-state index in [-0.39, 0.29) is 35.6 Å². The molecule has 0 aliphatic heterocycles. The SMILES string of the molecule is CC(C)[C@H](N=Cc1ccccc1[O-])C(=O)[O-].[Sn+2].[c]1ccccc1.[c]1ccccc1. The second-order valence-corrected chi connectivity index (χ2v) is 5.98. The summed E-state index contributed by atoms with van der Waals surface area (Å²) in [5.41, 5.74) is 0.384. The van der Waals surface area contributed by atoms with Gasteiger partial charge in [0.2, 0.25) is 0 Å². The molecule has 0 aliphatic rings. The van der Waals surface area contributed by atoms with Gasteiger partial charge in [0, 0.05) is 6.21 Å². The number of benzene rings is 3. The van der Waals surface area contributed by atoms with Crippen LogP contribution in [0.3, 0.4) is 0 Å². The van der Waals surface area contributed by atoms with Gasteiger partial charge in [0.15, 0.2) is 0 Å². The van der Waals surface area contributed by atoms with Gasteiger partial charge in [-0.1, -0.05) is 98.8 Å². The fourth-order valence-electron chi connectivity index (χ4n) is 1.94. The van der Waals surface area contributed by atoms with E-state index in [0.29, 0.717) is 5.56 Å². The van der Waals surface area contributed by atoms with Gasteiger partial charge in [-0.05, 0) is 23.6 Å². The second kappa shape index (κ2) is 16.4. The zero-order valence-corrected chi connectivity index (χ0v) is 19.3. The van der Waals surface area contributed by atoms with Gasteiger partial charge in [-0.2, -0.15) is 0 Å². The normalized spacial score (nSPS) is 10.6. The quantitative estimate of drug-likeness (QED) is 0.415. The number of para-hydroxylation sites is 1. The molecule has 0 bridgehead atoms. The first-order valence-electron chi connectivity index (χ1n) is 8.84. The summed E-state index contributed by atoms with van der Waals surface area (Å²) >= 11 is 0. The minimum absolute atomic E-state index is 0. The van der Waals surface area contributed by atoms with Crippen LogP contribution in [0.4, 0.5) is 0 Å². The molecule has 29 heavy (non-hydrogen) atoms. The van der Waals surface area contributed by atoms with Crippen LogP contribution < -0.4 is 10.2 Å². The first-order chi connectivity index (χ1) is 13.5. The van der Waals surface area contributed by atoms with Crippen molar-refractivity contribution in [2.45, 2.75) is 19.9 Å². The van der Waals surface area contributed by atoms with E-state index in [2.05, 4.69) is 17.1 Å². The number of carboxylic acid groups (broad SMARTS) is 1. The predicted octanol–water partition coefficient (Wildman–Crippen LogP) is 2.55. The van der Waals surface area contributed by atoms with E-state index in [1.54, 1.807) is 32.0 Å². The summed E-state index contributed by atoms with van der Waals surface area (Å²) in [5.74, 6) is -1.57. The number of aliphatic carboxylic acids is 1. The van der Waals surface area contributed by atoms with Crippen LogP contribution in [0.1, 0.15) is 19.4 Å². The summed E-state index contributed by atoms with van der Waals surface area (Å²) in [7, 11) is 0. The van der Waals surface area contributed by atoms with Gasteiger partial charge in [0.25, 0.3) is 0 Å². The van der Waals surface area contributed by atoms with Crippen molar-refractivity contribution >= 4 is 36.1 Å². The van der Waals surface area contributed by atoms with E-state index in [0.717, 1.165) is 0 Å². The van der Waals surface area contributed by atoms with Crippen LogP contribution in [-0.4, -0.2) is 42.1 Å². The molecule has 4 radical (unpaired) electrons. The number of hydrogen-bond donors (Lipinski definition) is 0. The maximum absolute atomic E-state index is 11.3. The van der Waals surface area contributed by atoms with Crippen LogP contribution >= 0.6 is 0 Å². The van der Waals surface area contributed by atoms with Crippen LogP contribution in [0.15, 0.2) is 89.9 Å². The molecule has 0 fully saturated rings. The Morgan fingerprint density at radius 2 is 1.38 bits per heavy atom. The molecular weight excluding hydrogens is 469 g/mol. The standard InChI is InChI=1S/C12H15NO3.2C6H5.Sn/c1-8(2)11(12(15)16)13-7-9-5-3-4-6-10(9)14;2*1-2-4-6-5-3-1;/h3-8,11,14H,1-2H3,(H,15,16);2*1-5H;/q;;;+2/p-2/t11-;;;/m0.../s1. The van der Waals surface area contributed by atoms with Crippen LogP contribution in [0.5, 0.6) is 5.75 Å². The average molecular weight is 492 g/mol. The molecule has 0 heterocycles. The van der Waals surface area contributed by atoms with E-state index in [1.165, 1.54) is 12.3 Å². The Balaban J connectivity index is 0.000000491. The van der Waals surface area contributed by atoms with E-state index in [4.69, 9.17) is 0 Å². The Morgan fingerprint density at radius 3 is 1.69 bits per heavy atom. The molecule has 0 amide bonds. The van der Waals surface area contributed by atoms with Crippen molar-refractivity contribution in [1.82, 2.24) is 0 Å².